The van der Waals surface area contributed by atoms with Crippen molar-refractivity contribution in [2.45, 2.75) is 24.0 Å². The van der Waals surface area contributed by atoms with E-state index < -0.39 is 6.10 Å². The zero-order valence-corrected chi connectivity index (χ0v) is 17.2. The van der Waals surface area contributed by atoms with Crippen LogP contribution in [-0.4, -0.2) is 33.8 Å². The quantitative estimate of drug-likeness (QED) is 0.478. The van der Waals surface area contributed by atoms with Gasteiger partial charge in [-0.05, 0) is 36.2 Å². The van der Waals surface area contributed by atoms with Gasteiger partial charge in [0.2, 0.25) is 5.13 Å². The van der Waals surface area contributed by atoms with E-state index in [1.165, 1.54) is 23.1 Å². The van der Waals surface area contributed by atoms with Gasteiger partial charge in [-0.2, -0.15) is 0 Å². The van der Waals surface area contributed by atoms with Crippen molar-refractivity contribution in [1.29, 1.82) is 0 Å². The Morgan fingerprint density at radius 1 is 1.19 bits per heavy atom. The molecule has 1 atom stereocenters. The number of aromatic nitrogens is 2. The lowest BCUT2D eigenvalue weighted by Gasteiger charge is -2.10. The Morgan fingerprint density at radius 2 is 1.96 bits per heavy atom. The van der Waals surface area contributed by atoms with Crippen molar-refractivity contribution >= 4 is 45.5 Å². The molecule has 0 bridgehead atoms. The van der Waals surface area contributed by atoms with Crippen molar-refractivity contribution in [2.24, 2.45) is 0 Å². The van der Waals surface area contributed by atoms with Gasteiger partial charge >= 0.3 is 0 Å². The number of nitrogens with one attached hydrogen (secondary N) is 1. The van der Waals surface area contributed by atoms with Crippen molar-refractivity contribution in [3.05, 3.63) is 64.7 Å². The highest BCUT2D eigenvalue weighted by molar-refractivity contribution is 8.01. The van der Waals surface area contributed by atoms with Crippen LogP contribution in [0.15, 0.2) is 52.9 Å². The molecule has 1 heterocycles. The molecule has 3 rings (SSSR count). The molecule has 0 saturated carbocycles. The normalized spacial score (nSPS) is 12.1. The summed E-state index contributed by atoms with van der Waals surface area (Å²) in [4.78, 5) is 0. The largest absolute Gasteiger partial charge is 0.390 e. The maximum absolute atomic E-state index is 10.1. The number of anilines is 2. The molecule has 5 nitrogen and oxygen atoms in total. The molecule has 2 aromatic carbocycles. The predicted molar refractivity (Wildman–Crippen MR) is 112 cm³/mol. The van der Waals surface area contributed by atoms with E-state index in [0.29, 0.717) is 17.4 Å². The fourth-order valence-electron chi connectivity index (χ4n) is 2.26. The monoisotopic (exact) mass is 421 g/mol. The standard InChI is InChI=1S/C19H20ClN3O2S2/c1-13-4-2-3-5-17(13)21-18-22-23-19(27-18)26-12-16(24)11-25-10-14-6-8-15(20)9-7-14/h2-9,16,24H,10-12H2,1H3,(H,21,22). The number of halogens is 1. The molecule has 0 spiro atoms. The summed E-state index contributed by atoms with van der Waals surface area (Å²) in [6.45, 7) is 2.75. The number of hydrogen-bond donors (Lipinski definition) is 2. The summed E-state index contributed by atoms with van der Waals surface area (Å²) < 4.78 is 6.36. The van der Waals surface area contributed by atoms with E-state index >= 15 is 0 Å². The maximum Gasteiger partial charge on any atom is 0.210 e. The van der Waals surface area contributed by atoms with Gasteiger partial charge in [-0.3, -0.25) is 0 Å². The van der Waals surface area contributed by atoms with Crippen molar-refractivity contribution in [1.82, 2.24) is 10.2 Å². The number of para-hydroxylation sites is 1. The first-order valence-electron chi connectivity index (χ1n) is 8.39. The predicted octanol–water partition coefficient (Wildman–Crippen LogP) is 4.91. The second-order valence-corrected chi connectivity index (χ2v) is 8.60. The van der Waals surface area contributed by atoms with Gasteiger partial charge in [-0.1, -0.05) is 65.0 Å². The molecule has 142 valence electrons. The van der Waals surface area contributed by atoms with Gasteiger partial charge in [0.1, 0.15) is 0 Å². The van der Waals surface area contributed by atoms with Gasteiger partial charge in [-0.15, -0.1) is 10.2 Å². The van der Waals surface area contributed by atoms with Gasteiger partial charge < -0.3 is 15.2 Å². The van der Waals surface area contributed by atoms with Crippen LogP contribution in [0.3, 0.4) is 0 Å². The van der Waals surface area contributed by atoms with Crippen LogP contribution >= 0.6 is 34.7 Å². The number of ether oxygens (including phenoxy) is 1. The molecule has 27 heavy (non-hydrogen) atoms. The second kappa shape index (κ2) is 10.1. The molecule has 0 aliphatic rings. The first kappa shape index (κ1) is 20.1. The third kappa shape index (κ3) is 6.48. The van der Waals surface area contributed by atoms with E-state index in [1.54, 1.807) is 0 Å². The van der Waals surface area contributed by atoms with Crippen molar-refractivity contribution in [2.75, 3.05) is 17.7 Å². The Bertz CT molecular complexity index is 858. The van der Waals surface area contributed by atoms with E-state index in [2.05, 4.69) is 15.5 Å². The number of aliphatic hydroxyl groups excluding tert-OH is 1. The summed E-state index contributed by atoms with van der Waals surface area (Å²) in [6.07, 6.45) is -0.570. The lowest BCUT2D eigenvalue weighted by molar-refractivity contribution is 0.0398. The van der Waals surface area contributed by atoms with Gasteiger partial charge in [0.25, 0.3) is 0 Å². The SMILES string of the molecule is Cc1ccccc1Nc1nnc(SCC(O)COCc2ccc(Cl)cc2)s1. The zero-order valence-electron chi connectivity index (χ0n) is 14.8. The minimum atomic E-state index is -0.570. The molecular weight excluding hydrogens is 402 g/mol. The molecule has 0 aliphatic heterocycles. The Kier molecular flexibility index (Phi) is 7.49. The molecule has 0 amide bonds. The van der Waals surface area contributed by atoms with Crippen LogP contribution in [0.1, 0.15) is 11.1 Å². The number of hydrogen-bond acceptors (Lipinski definition) is 7. The van der Waals surface area contributed by atoms with Crippen LogP contribution in [0, 0.1) is 6.92 Å². The minimum absolute atomic E-state index is 0.267. The molecule has 0 radical (unpaired) electrons. The highest BCUT2D eigenvalue weighted by Crippen LogP contribution is 2.29. The Hall–Kier alpha value is -1.64. The van der Waals surface area contributed by atoms with Gasteiger partial charge in [0.15, 0.2) is 4.34 Å². The molecule has 0 fully saturated rings. The Morgan fingerprint density at radius 3 is 2.74 bits per heavy atom. The van der Waals surface area contributed by atoms with Gasteiger partial charge in [-0.25, -0.2) is 0 Å². The Labute approximate surface area is 171 Å². The molecule has 0 saturated heterocycles. The summed E-state index contributed by atoms with van der Waals surface area (Å²) in [7, 11) is 0. The molecule has 8 heteroatoms. The lowest BCUT2D eigenvalue weighted by atomic mass is 10.2. The van der Waals surface area contributed by atoms with E-state index in [4.69, 9.17) is 16.3 Å². The number of benzene rings is 2. The fraction of sp³-hybridized carbons (Fsp3) is 0.263. The second-order valence-electron chi connectivity index (χ2n) is 5.92. The molecule has 3 aromatic rings. The maximum atomic E-state index is 10.1. The third-order valence-corrected chi connectivity index (χ3v) is 6.05. The topological polar surface area (TPSA) is 67.3 Å². The third-order valence-electron chi connectivity index (χ3n) is 3.68. The summed E-state index contributed by atoms with van der Waals surface area (Å²) in [5.41, 5.74) is 3.19. The van der Waals surface area contributed by atoms with E-state index in [0.717, 1.165) is 26.3 Å². The Balaban J connectivity index is 1.40. The van der Waals surface area contributed by atoms with E-state index in [-0.39, 0.29) is 6.61 Å². The van der Waals surface area contributed by atoms with E-state index in [9.17, 15) is 5.11 Å². The first-order chi connectivity index (χ1) is 13.1. The van der Waals surface area contributed by atoms with E-state index in [1.807, 2.05) is 55.5 Å². The highest BCUT2D eigenvalue weighted by Gasteiger charge is 2.10. The van der Waals surface area contributed by atoms with Crippen LogP contribution < -0.4 is 5.32 Å². The van der Waals surface area contributed by atoms with Crippen LogP contribution in [0.2, 0.25) is 5.02 Å². The summed E-state index contributed by atoms with van der Waals surface area (Å²) in [6, 6.07) is 15.5. The molecule has 2 N–H and O–H groups in total. The van der Waals surface area contributed by atoms with Crippen LogP contribution in [0.25, 0.3) is 0 Å². The van der Waals surface area contributed by atoms with Crippen LogP contribution in [-0.2, 0) is 11.3 Å². The van der Waals surface area contributed by atoms with Crippen LogP contribution in [0.4, 0.5) is 10.8 Å². The molecule has 1 aromatic heterocycles. The van der Waals surface area contributed by atoms with Gasteiger partial charge in [0, 0.05) is 16.5 Å². The van der Waals surface area contributed by atoms with Crippen molar-refractivity contribution < 1.29 is 9.84 Å². The summed E-state index contributed by atoms with van der Waals surface area (Å²) in [5.74, 6) is 0.500. The molecular formula is C19H20ClN3O2S2. The average Bonchev–Trinajstić information content (AvgIpc) is 3.11. The summed E-state index contributed by atoms with van der Waals surface area (Å²) in [5, 5.41) is 23.1. The number of aryl methyl sites for hydroxylation is 1. The fourth-order valence-corrected chi connectivity index (χ4v) is 4.08. The first-order valence-corrected chi connectivity index (χ1v) is 10.6. The van der Waals surface area contributed by atoms with Gasteiger partial charge in [0.05, 0.1) is 19.3 Å². The average molecular weight is 422 g/mol. The number of aliphatic hydroxyl groups is 1. The number of nitrogens with zero attached hydrogens (tertiary/aromatic N) is 2. The minimum Gasteiger partial charge on any atom is -0.390 e. The van der Waals surface area contributed by atoms with Crippen LogP contribution in [0.5, 0.6) is 0 Å². The molecule has 0 aliphatic carbocycles. The molecule has 1 unspecified atom stereocenters. The highest BCUT2D eigenvalue weighted by atomic mass is 35.5. The lowest BCUT2D eigenvalue weighted by Crippen LogP contribution is -2.17. The number of rotatable bonds is 9. The number of thioether (sulfide) groups is 1. The smallest absolute Gasteiger partial charge is 0.210 e. The van der Waals surface area contributed by atoms with Crippen molar-refractivity contribution in [3.8, 4) is 0 Å². The zero-order chi connectivity index (χ0) is 19.1. The summed E-state index contributed by atoms with van der Waals surface area (Å²) >= 11 is 8.79. The van der Waals surface area contributed by atoms with Crippen molar-refractivity contribution in [3.63, 3.8) is 0 Å².